The summed E-state index contributed by atoms with van der Waals surface area (Å²) in [5.41, 5.74) is 0.420. The van der Waals surface area contributed by atoms with E-state index < -0.39 is 0 Å². The van der Waals surface area contributed by atoms with Gasteiger partial charge in [-0.05, 0) is 36.4 Å². The van der Waals surface area contributed by atoms with E-state index in [1.54, 1.807) is 11.0 Å². The fraction of sp³-hybridized carbons (Fsp3) is 0.545. The normalized spacial score (nSPS) is 17.8. The van der Waals surface area contributed by atoms with Crippen LogP contribution in [0, 0.1) is 5.92 Å². The first-order chi connectivity index (χ1) is 7.72. The Morgan fingerprint density at radius 1 is 1.56 bits per heavy atom. The van der Waals surface area contributed by atoms with Crippen LogP contribution >= 0.6 is 11.6 Å². The van der Waals surface area contributed by atoms with Gasteiger partial charge in [0.05, 0.1) is 11.8 Å². The minimum atomic E-state index is -0.0878. The number of amides is 1. The van der Waals surface area contributed by atoms with Crippen LogP contribution in [-0.4, -0.2) is 35.6 Å². The largest absolute Gasteiger partial charge is 0.452 e. The average molecular weight is 244 g/mol. The molecule has 2 rings (SSSR count). The third-order valence-electron chi connectivity index (χ3n) is 3.01. The average Bonchev–Trinajstić information content (AvgIpc) is 2.75. The van der Waals surface area contributed by atoms with Gasteiger partial charge in [0.2, 0.25) is 5.22 Å². The number of furan rings is 1. The second-order valence-electron chi connectivity index (χ2n) is 4.03. The summed E-state index contributed by atoms with van der Waals surface area (Å²) in [6.07, 6.45) is 3.10. The zero-order chi connectivity index (χ0) is 11.5. The van der Waals surface area contributed by atoms with E-state index in [4.69, 9.17) is 21.1 Å². The van der Waals surface area contributed by atoms with E-state index >= 15 is 0 Å². The third kappa shape index (κ3) is 2.23. The molecule has 0 unspecified atom stereocenters. The first-order valence-electron chi connectivity index (χ1n) is 5.35. The summed E-state index contributed by atoms with van der Waals surface area (Å²) in [5, 5.41) is 9.15. The number of hydrogen-bond acceptors (Lipinski definition) is 3. The maximum absolute atomic E-state index is 12.0. The topological polar surface area (TPSA) is 53.7 Å². The van der Waals surface area contributed by atoms with Gasteiger partial charge in [0, 0.05) is 19.7 Å². The van der Waals surface area contributed by atoms with E-state index in [0.717, 1.165) is 12.8 Å². The van der Waals surface area contributed by atoms with E-state index in [1.807, 2.05) is 0 Å². The monoisotopic (exact) mass is 243 g/mol. The van der Waals surface area contributed by atoms with Crippen LogP contribution in [0.1, 0.15) is 23.2 Å². The molecule has 0 saturated carbocycles. The smallest absolute Gasteiger partial charge is 0.258 e. The molecular weight excluding hydrogens is 230 g/mol. The highest BCUT2D eigenvalue weighted by Crippen LogP contribution is 2.22. The molecule has 0 spiro atoms. The molecule has 1 aliphatic rings. The van der Waals surface area contributed by atoms with Crippen LogP contribution in [0.3, 0.4) is 0 Å². The van der Waals surface area contributed by atoms with Crippen LogP contribution in [0.25, 0.3) is 0 Å². The van der Waals surface area contributed by atoms with Crippen LogP contribution in [0.4, 0.5) is 0 Å². The number of nitrogens with zero attached hydrogens (tertiary/aromatic N) is 1. The molecule has 88 valence electrons. The molecule has 0 aromatic carbocycles. The van der Waals surface area contributed by atoms with Gasteiger partial charge < -0.3 is 14.4 Å². The molecule has 4 nitrogen and oxygen atoms in total. The summed E-state index contributed by atoms with van der Waals surface area (Å²) < 4.78 is 4.90. The summed E-state index contributed by atoms with van der Waals surface area (Å²) in [4.78, 5) is 13.7. The summed E-state index contributed by atoms with van der Waals surface area (Å²) in [6, 6.07) is 1.59. The molecule has 1 aromatic rings. The Morgan fingerprint density at radius 2 is 2.25 bits per heavy atom. The highest BCUT2D eigenvalue weighted by Gasteiger charge is 2.25. The van der Waals surface area contributed by atoms with Gasteiger partial charge in [0.1, 0.15) is 0 Å². The van der Waals surface area contributed by atoms with Crippen molar-refractivity contribution < 1.29 is 14.3 Å². The molecule has 2 heterocycles. The van der Waals surface area contributed by atoms with Gasteiger partial charge in [0.15, 0.2) is 0 Å². The molecular formula is C11H14ClNO3. The van der Waals surface area contributed by atoms with E-state index in [0.29, 0.717) is 24.6 Å². The van der Waals surface area contributed by atoms with Crippen molar-refractivity contribution >= 4 is 17.5 Å². The Balaban J connectivity index is 2.00. The summed E-state index contributed by atoms with van der Waals surface area (Å²) in [6.45, 7) is 1.55. The summed E-state index contributed by atoms with van der Waals surface area (Å²) >= 11 is 5.76. The molecule has 1 N–H and O–H groups in total. The Morgan fingerprint density at radius 3 is 2.75 bits per heavy atom. The molecule has 1 amide bonds. The predicted octanol–water partition coefficient (Wildman–Crippen LogP) is 1.78. The number of carbonyl (C=O) groups excluding carboxylic acids is 1. The third-order valence-corrected chi connectivity index (χ3v) is 3.30. The number of aliphatic hydroxyl groups excluding tert-OH is 1. The molecule has 0 radical (unpaired) electrons. The Hall–Kier alpha value is -1.00. The van der Waals surface area contributed by atoms with E-state index in [-0.39, 0.29) is 17.7 Å². The number of hydrogen-bond donors (Lipinski definition) is 1. The number of aliphatic hydroxyl groups is 1. The number of likely N-dealkylation sites (tertiary alicyclic amines) is 1. The van der Waals surface area contributed by atoms with Crippen molar-refractivity contribution in [2.75, 3.05) is 19.7 Å². The van der Waals surface area contributed by atoms with Crippen molar-refractivity contribution in [2.24, 2.45) is 5.92 Å². The van der Waals surface area contributed by atoms with Crippen molar-refractivity contribution in [1.82, 2.24) is 4.90 Å². The Bertz CT molecular complexity index is 369. The van der Waals surface area contributed by atoms with E-state index in [2.05, 4.69) is 0 Å². The van der Waals surface area contributed by atoms with Crippen LogP contribution in [0.5, 0.6) is 0 Å². The SMILES string of the molecule is O=C(c1ccoc1Cl)N1CCC(CO)CC1. The van der Waals surface area contributed by atoms with Crippen LogP contribution < -0.4 is 0 Å². The first kappa shape index (κ1) is 11.5. The molecule has 0 aliphatic carbocycles. The fourth-order valence-electron chi connectivity index (χ4n) is 1.94. The van der Waals surface area contributed by atoms with Crippen molar-refractivity contribution in [3.8, 4) is 0 Å². The number of carbonyl (C=O) groups is 1. The Kier molecular flexibility index (Phi) is 3.51. The molecule has 16 heavy (non-hydrogen) atoms. The maximum atomic E-state index is 12.0. The molecule has 0 atom stereocenters. The molecule has 0 bridgehead atoms. The molecule has 1 aromatic heterocycles. The van der Waals surface area contributed by atoms with Crippen molar-refractivity contribution in [3.05, 3.63) is 23.1 Å². The molecule has 5 heteroatoms. The van der Waals surface area contributed by atoms with E-state index in [9.17, 15) is 4.79 Å². The van der Waals surface area contributed by atoms with Gasteiger partial charge in [0.25, 0.3) is 5.91 Å². The van der Waals surface area contributed by atoms with Crippen LogP contribution in [0.15, 0.2) is 16.7 Å². The summed E-state index contributed by atoms with van der Waals surface area (Å²) in [7, 11) is 0. The predicted molar refractivity (Wildman–Crippen MR) is 59.4 cm³/mol. The van der Waals surface area contributed by atoms with Gasteiger partial charge >= 0.3 is 0 Å². The molecule has 1 aliphatic heterocycles. The van der Waals surface area contributed by atoms with Crippen molar-refractivity contribution in [1.29, 1.82) is 0 Å². The standard InChI is InChI=1S/C11H14ClNO3/c12-10-9(3-6-16-10)11(15)13-4-1-8(7-14)2-5-13/h3,6,8,14H,1-2,4-5,7H2. The minimum absolute atomic E-state index is 0.0878. The second-order valence-corrected chi connectivity index (χ2v) is 4.37. The van der Waals surface area contributed by atoms with Gasteiger partial charge in [-0.15, -0.1) is 0 Å². The number of halogens is 1. The lowest BCUT2D eigenvalue weighted by molar-refractivity contribution is 0.0650. The zero-order valence-corrected chi connectivity index (χ0v) is 9.61. The van der Waals surface area contributed by atoms with Crippen molar-refractivity contribution in [3.63, 3.8) is 0 Å². The van der Waals surface area contributed by atoms with Crippen LogP contribution in [-0.2, 0) is 0 Å². The lowest BCUT2D eigenvalue weighted by atomic mass is 9.97. The number of piperidine rings is 1. The second kappa shape index (κ2) is 4.89. The van der Waals surface area contributed by atoms with Gasteiger partial charge in [-0.3, -0.25) is 4.79 Å². The number of rotatable bonds is 2. The first-order valence-corrected chi connectivity index (χ1v) is 5.73. The Labute approximate surface area is 98.8 Å². The zero-order valence-electron chi connectivity index (χ0n) is 8.86. The lowest BCUT2D eigenvalue weighted by Crippen LogP contribution is -2.39. The highest BCUT2D eigenvalue weighted by atomic mass is 35.5. The highest BCUT2D eigenvalue weighted by molar-refractivity contribution is 6.32. The van der Waals surface area contributed by atoms with E-state index in [1.165, 1.54) is 6.26 Å². The minimum Gasteiger partial charge on any atom is -0.452 e. The maximum Gasteiger partial charge on any atom is 0.258 e. The fourth-order valence-corrected chi connectivity index (χ4v) is 2.13. The van der Waals surface area contributed by atoms with Gasteiger partial charge in [-0.1, -0.05) is 0 Å². The van der Waals surface area contributed by atoms with Crippen molar-refractivity contribution in [2.45, 2.75) is 12.8 Å². The van der Waals surface area contributed by atoms with Gasteiger partial charge in [-0.25, -0.2) is 0 Å². The quantitative estimate of drug-likeness (QED) is 0.862. The lowest BCUT2D eigenvalue weighted by Gasteiger charge is -2.30. The van der Waals surface area contributed by atoms with Crippen LogP contribution in [0.2, 0.25) is 5.22 Å². The molecule has 1 fully saturated rings. The summed E-state index contributed by atoms with van der Waals surface area (Å²) in [5.74, 6) is 0.235. The van der Waals surface area contributed by atoms with Gasteiger partial charge in [-0.2, -0.15) is 0 Å². The molecule has 1 saturated heterocycles.